The summed E-state index contributed by atoms with van der Waals surface area (Å²) in [6.45, 7) is 3.06. The average molecular weight is 204 g/mol. The van der Waals surface area contributed by atoms with Gasteiger partial charge in [0.1, 0.15) is 11.6 Å². The van der Waals surface area contributed by atoms with Crippen LogP contribution in [0.15, 0.2) is 29.3 Å². The first-order valence-corrected chi connectivity index (χ1v) is 5.25. The van der Waals surface area contributed by atoms with Crippen LogP contribution in [0.5, 0.6) is 5.75 Å². The van der Waals surface area contributed by atoms with Gasteiger partial charge in [0.2, 0.25) is 0 Å². The number of hydrogen-bond acceptors (Lipinski definition) is 3. The van der Waals surface area contributed by atoms with E-state index >= 15 is 0 Å². The summed E-state index contributed by atoms with van der Waals surface area (Å²) in [7, 11) is 1.69. The van der Waals surface area contributed by atoms with Crippen LogP contribution in [0.4, 0.5) is 0 Å². The highest BCUT2D eigenvalue weighted by atomic mass is 16.5. The molecule has 1 aromatic rings. The Balaban J connectivity index is 2.32. The minimum absolute atomic E-state index is 0.488. The predicted octanol–water partition coefficient (Wildman–Crippen LogP) is 1.82. The van der Waals surface area contributed by atoms with E-state index in [0.29, 0.717) is 6.04 Å². The summed E-state index contributed by atoms with van der Waals surface area (Å²) in [4.78, 5) is 4.48. The molecule has 1 aromatic carbocycles. The summed E-state index contributed by atoms with van der Waals surface area (Å²) in [6.07, 6.45) is 1.10. The van der Waals surface area contributed by atoms with Crippen molar-refractivity contribution in [2.45, 2.75) is 19.4 Å². The van der Waals surface area contributed by atoms with Gasteiger partial charge in [0.05, 0.1) is 12.7 Å². The molecular formula is C12H16N2O. The number of nitrogens with one attached hydrogen (secondary N) is 1. The third kappa shape index (κ3) is 2.12. The fraction of sp³-hybridized carbons (Fsp3) is 0.417. The van der Waals surface area contributed by atoms with Gasteiger partial charge in [0, 0.05) is 12.6 Å². The molecule has 1 atom stereocenters. The molecular weight excluding hydrogens is 188 g/mol. The third-order valence-electron chi connectivity index (χ3n) is 2.58. The third-order valence-corrected chi connectivity index (χ3v) is 2.58. The van der Waals surface area contributed by atoms with Gasteiger partial charge in [0.25, 0.3) is 0 Å². The molecule has 1 aliphatic heterocycles. The summed E-state index contributed by atoms with van der Waals surface area (Å²) in [6, 6.07) is 8.44. The molecule has 2 rings (SSSR count). The smallest absolute Gasteiger partial charge is 0.132 e. The average Bonchev–Trinajstić information content (AvgIpc) is 2.29. The lowest BCUT2D eigenvalue weighted by atomic mass is 10.1. The number of methoxy groups -OCH3 is 1. The molecule has 0 amide bonds. The normalized spacial score (nSPS) is 20.4. The fourth-order valence-electron chi connectivity index (χ4n) is 1.72. The highest BCUT2D eigenvalue weighted by Crippen LogP contribution is 2.19. The van der Waals surface area contributed by atoms with Crippen LogP contribution in [0, 0.1) is 0 Å². The lowest BCUT2D eigenvalue weighted by molar-refractivity contribution is 0.413. The van der Waals surface area contributed by atoms with Crippen LogP contribution in [0.3, 0.4) is 0 Å². The Morgan fingerprint density at radius 3 is 2.93 bits per heavy atom. The van der Waals surface area contributed by atoms with E-state index in [4.69, 9.17) is 4.74 Å². The Bertz CT molecular complexity index is 374. The van der Waals surface area contributed by atoms with Gasteiger partial charge in [-0.15, -0.1) is 0 Å². The largest absolute Gasteiger partial charge is 0.496 e. The number of amidine groups is 1. The van der Waals surface area contributed by atoms with Gasteiger partial charge in [-0.25, -0.2) is 0 Å². The second kappa shape index (κ2) is 4.34. The van der Waals surface area contributed by atoms with Crippen molar-refractivity contribution in [2.75, 3.05) is 13.7 Å². The first-order chi connectivity index (χ1) is 7.31. The second-order valence-corrected chi connectivity index (χ2v) is 3.76. The fourth-order valence-corrected chi connectivity index (χ4v) is 1.72. The van der Waals surface area contributed by atoms with E-state index in [1.165, 1.54) is 0 Å². The number of ether oxygens (including phenoxy) is 1. The molecule has 0 spiro atoms. The zero-order valence-corrected chi connectivity index (χ0v) is 9.16. The van der Waals surface area contributed by atoms with Crippen molar-refractivity contribution in [2.24, 2.45) is 4.99 Å². The maximum atomic E-state index is 5.31. The molecule has 0 fully saturated rings. The number of benzene rings is 1. The molecule has 0 unspecified atom stereocenters. The lowest BCUT2D eigenvalue weighted by Gasteiger charge is -2.22. The van der Waals surface area contributed by atoms with Gasteiger partial charge in [-0.05, 0) is 25.5 Å². The SMILES string of the molecule is COc1ccccc1C1=NCC[C@H](C)N1. The number of para-hydroxylation sites is 1. The van der Waals surface area contributed by atoms with Gasteiger partial charge in [-0.1, -0.05) is 12.1 Å². The molecule has 0 aromatic heterocycles. The highest BCUT2D eigenvalue weighted by Gasteiger charge is 2.15. The Labute approximate surface area is 90.2 Å². The number of rotatable bonds is 2. The molecule has 80 valence electrons. The zero-order valence-electron chi connectivity index (χ0n) is 9.16. The van der Waals surface area contributed by atoms with Crippen molar-refractivity contribution in [3.8, 4) is 5.75 Å². The van der Waals surface area contributed by atoms with E-state index in [2.05, 4.69) is 17.2 Å². The Morgan fingerprint density at radius 1 is 1.40 bits per heavy atom. The molecule has 0 radical (unpaired) electrons. The van der Waals surface area contributed by atoms with Crippen LogP contribution >= 0.6 is 0 Å². The van der Waals surface area contributed by atoms with E-state index in [9.17, 15) is 0 Å². The van der Waals surface area contributed by atoms with Crippen LogP contribution in [0.25, 0.3) is 0 Å². The van der Waals surface area contributed by atoms with Crippen LogP contribution < -0.4 is 10.1 Å². The Morgan fingerprint density at radius 2 is 2.20 bits per heavy atom. The van der Waals surface area contributed by atoms with Crippen molar-refractivity contribution in [1.29, 1.82) is 0 Å². The molecule has 3 nitrogen and oxygen atoms in total. The number of aliphatic imine (C=N–C) groups is 1. The molecule has 0 bridgehead atoms. The minimum Gasteiger partial charge on any atom is -0.496 e. The Hall–Kier alpha value is -1.51. The summed E-state index contributed by atoms with van der Waals surface area (Å²) in [5, 5.41) is 3.38. The maximum Gasteiger partial charge on any atom is 0.132 e. The molecule has 15 heavy (non-hydrogen) atoms. The molecule has 0 aliphatic carbocycles. The van der Waals surface area contributed by atoms with Gasteiger partial charge in [0.15, 0.2) is 0 Å². The first kappa shape index (κ1) is 10.0. The molecule has 1 aliphatic rings. The van der Waals surface area contributed by atoms with Crippen LogP contribution in [-0.4, -0.2) is 25.5 Å². The quantitative estimate of drug-likeness (QED) is 0.797. The van der Waals surface area contributed by atoms with Crippen LogP contribution in [0.1, 0.15) is 18.9 Å². The van der Waals surface area contributed by atoms with E-state index in [-0.39, 0.29) is 0 Å². The van der Waals surface area contributed by atoms with Crippen LogP contribution in [-0.2, 0) is 0 Å². The van der Waals surface area contributed by atoms with Gasteiger partial charge < -0.3 is 10.1 Å². The molecule has 1 heterocycles. The maximum absolute atomic E-state index is 5.31. The van der Waals surface area contributed by atoms with E-state index in [1.807, 2.05) is 24.3 Å². The topological polar surface area (TPSA) is 33.6 Å². The van der Waals surface area contributed by atoms with Gasteiger partial charge in [-0.2, -0.15) is 0 Å². The van der Waals surface area contributed by atoms with E-state index < -0.39 is 0 Å². The van der Waals surface area contributed by atoms with Crippen molar-refractivity contribution in [1.82, 2.24) is 5.32 Å². The second-order valence-electron chi connectivity index (χ2n) is 3.76. The highest BCUT2D eigenvalue weighted by molar-refractivity contribution is 6.01. The van der Waals surface area contributed by atoms with Crippen molar-refractivity contribution >= 4 is 5.84 Å². The summed E-state index contributed by atoms with van der Waals surface area (Å²) in [5.74, 6) is 1.82. The minimum atomic E-state index is 0.488. The molecule has 0 saturated carbocycles. The zero-order chi connectivity index (χ0) is 10.7. The summed E-state index contributed by atoms with van der Waals surface area (Å²) < 4.78 is 5.31. The van der Waals surface area contributed by atoms with Gasteiger partial charge in [-0.3, -0.25) is 4.99 Å². The summed E-state index contributed by atoms with van der Waals surface area (Å²) in [5.41, 5.74) is 1.05. The van der Waals surface area contributed by atoms with Gasteiger partial charge >= 0.3 is 0 Å². The lowest BCUT2D eigenvalue weighted by Crippen LogP contribution is -2.37. The molecule has 3 heteroatoms. The Kier molecular flexibility index (Phi) is 2.90. The monoisotopic (exact) mass is 204 g/mol. The van der Waals surface area contributed by atoms with E-state index in [1.54, 1.807) is 7.11 Å². The number of hydrogen-bond donors (Lipinski definition) is 1. The molecule has 1 N–H and O–H groups in total. The number of nitrogens with zero attached hydrogens (tertiary/aromatic N) is 1. The van der Waals surface area contributed by atoms with Crippen molar-refractivity contribution in [3.05, 3.63) is 29.8 Å². The predicted molar refractivity (Wildman–Crippen MR) is 61.6 cm³/mol. The summed E-state index contributed by atoms with van der Waals surface area (Å²) >= 11 is 0. The van der Waals surface area contributed by atoms with E-state index in [0.717, 1.165) is 30.1 Å². The standard InChI is InChI=1S/C12H16N2O/c1-9-7-8-13-12(14-9)10-5-3-4-6-11(10)15-2/h3-6,9H,7-8H2,1-2H3,(H,13,14)/t9-/m0/s1. The molecule has 0 saturated heterocycles. The van der Waals surface area contributed by atoms with Crippen molar-refractivity contribution in [3.63, 3.8) is 0 Å². The van der Waals surface area contributed by atoms with Crippen LogP contribution in [0.2, 0.25) is 0 Å². The van der Waals surface area contributed by atoms with Crippen molar-refractivity contribution < 1.29 is 4.74 Å². The first-order valence-electron chi connectivity index (χ1n) is 5.25.